The molecule has 17 heavy (non-hydrogen) atoms. The molecular formula is C14H22N2O. The number of nitrogens with one attached hydrogen (secondary N) is 2. The highest BCUT2D eigenvalue weighted by atomic mass is 16.1. The minimum absolute atomic E-state index is 0.0256. The molecule has 1 aromatic rings. The molecule has 0 saturated carbocycles. The van der Waals surface area contributed by atoms with E-state index in [-0.39, 0.29) is 17.5 Å². The molecular weight excluding hydrogens is 212 g/mol. The summed E-state index contributed by atoms with van der Waals surface area (Å²) in [5.41, 5.74) is 1.75. The Morgan fingerprint density at radius 1 is 1.12 bits per heavy atom. The molecule has 1 rings (SSSR count). The van der Waals surface area contributed by atoms with Gasteiger partial charge in [-0.3, -0.25) is 4.79 Å². The third kappa shape index (κ3) is 4.89. The van der Waals surface area contributed by atoms with Crippen molar-refractivity contribution in [1.82, 2.24) is 5.32 Å². The van der Waals surface area contributed by atoms with E-state index in [9.17, 15) is 4.79 Å². The fraction of sp³-hybridized carbons (Fsp3) is 0.500. The minimum Gasteiger partial charge on any atom is -0.380 e. The second kappa shape index (κ2) is 5.21. The van der Waals surface area contributed by atoms with Gasteiger partial charge < -0.3 is 10.6 Å². The standard InChI is InChI=1S/C14H22N2O/c1-10(2)15-13(17)11-6-8-12(9-7-11)16-14(3,4)5/h6-10,16H,1-5H3,(H,15,17). The quantitative estimate of drug-likeness (QED) is 0.844. The van der Waals surface area contributed by atoms with Gasteiger partial charge in [-0.25, -0.2) is 0 Å². The highest BCUT2D eigenvalue weighted by Crippen LogP contribution is 2.15. The molecule has 3 heteroatoms. The van der Waals surface area contributed by atoms with Crippen molar-refractivity contribution in [1.29, 1.82) is 0 Å². The second-order valence-electron chi connectivity index (χ2n) is 5.58. The maximum atomic E-state index is 11.7. The number of anilines is 1. The van der Waals surface area contributed by atoms with Crippen molar-refractivity contribution in [3.8, 4) is 0 Å². The second-order valence-corrected chi connectivity index (χ2v) is 5.58. The lowest BCUT2D eigenvalue weighted by molar-refractivity contribution is 0.0943. The summed E-state index contributed by atoms with van der Waals surface area (Å²) in [5, 5.41) is 6.22. The van der Waals surface area contributed by atoms with E-state index in [1.54, 1.807) is 0 Å². The Kier molecular flexibility index (Phi) is 4.16. The largest absolute Gasteiger partial charge is 0.380 e. The lowest BCUT2D eigenvalue weighted by atomic mass is 10.1. The number of hydrogen-bond acceptors (Lipinski definition) is 2. The minimum atomic E-state index is -0.0256. The first kappa shape index (κ1) is 13.6. The predicted molar refractivity (Wildman–Crippen MR) is 72.4 cm³/mol. The molecule has 3 nitrogen and oxygen atoms in total. The molecule has 0 aromatic heterocycles. The fourth-order valence-electron chi connectivity index (χ4n) is 1.48. The van der Waals surface area contributed by atoms with Gasteiger partial charge in [0.15, 0.2) is 0 Å². The molecule has 1 aromatic carbocycles. The first-order chi connectivity index (χ1) is 7.78. The van der Waals surface area contributed by atoms with E-state index in [1.807, 2.05) is 38.1 Å². The number of benzene rings is 1. The number of hydrogen-bond donors (Lipinski definition) is 2. The molecule has 2 N–H and O–H groups in total. The molecule has 0 heterocycles. The smallest absolute Gasteiger partial charge is 0.251 e. The van der Waals surface area contributed by atoms with Crippen LogP contribution in [0.4, 0.5) is 5.69 Å². The summed E-state index contributed by atoms with van der Waals surface area (Å²) in [4.78, 5) is 11.7. The van der Waals surface area contributed by atoms with Gasteiger partial charge in [-0.2, -0.15) is 0 Å². The highest BCUT2D eigenvalue weighted by Gasteiger charge is 2.10. The van der Waals surface area contributed by atoms with Crippen LogP contribution >= 0.6 is 0 Å². The maximum absolute atomic E-state index is 11.7. The van der Waals surface area contributed by atoms with Crippen molar-refractivity contribution in [2.24, 2.45) is 0 Å². The van der Waals surface area contributed by atoms with Gasteiger partial charge in [-0.15, -0.1) is 0 Å². The monoisotopic (exact) mass is 234 g/mol. The van der Waals surface area contributed by atoms with E-state index < -0.39 is 0 Å². The van der Waals surface area contributed by atoms with Crippen molar-refractivity contribution in [2.45, 2.75) is 46.2 Å². The molecule has 0 radical (unpaired) electrons. The summed E-state index contributed by atoms with van der Waals surface area (Å²) in [6.45, 7) is 10.2. The summed E-state index contributed by atoms with van der Waals surface area (Å²) in [5.74, 6) is -0.0256. The molecule has 94 valence electrons. The Labute approximate surface area is 104 Å². The van der Waals surface area contributed by atoms with Gasteiger partial charge in [-0.05, 0) is 58.9 Å². The average molecular weight is 234 g/mol. The molecule has 0 aliphatic heterocycles. The van der Waals surface area contributed by atoms with Crippen molar-refractivity contribution in [2.75, 3.05) is 5.32 Å². The highest BCUT2D eigenvalue weighted by molar-refractivity contribution is 5.94. The molecule has 0 fully saturated rings. The summed E-state index contributed by atoms with van der Waals surface area (Å²) >= 11 is 0. The molecule has 0 bridgehead atoms. The average Bonchev–Trinajstić information content (AvgIpc) is 2.15. The summed E-state index contributed by atoms with van der Waals surface area (Å²) in [7, 11) is 0. The van der Waals surface area contributed by atoms with Gasteiger partial charge in [0.25, 0.3) is 5.91 Å². The zero-order valence-electron chi connectivity index (χ0n) is 11.3. The van der Waals surface area contributed by atoms with E-state index in [1.165, 1.54) is 0 Å². The Morgan fingerprint density at radius 3 is 2.06 bits per heavy atom. The lowest BCUT2D eigenvalue weighted by Crippen LogP contribution is -2.30. The van der Waals surface area contributed by atoms with Gasteiger partial charge in [0, 0.05) is 22.8 Å². The van der Waals surface area contributed by atoms with Crippen molar-refractivity contribution in [3.05, 3.63) is 29.8 Å². The molecule has 0 aliphatic carbocycles. The van der Waals surface area contributed by atoms with Crippen molar-refractivity contribution < 1.29 is 4.79 Å². The number of carbonyl (C=O) groups is 1. The van der Waals surface area contributed by atoms with Gasteiger partial charge in [0.05, 0.1) is 0 Å². The predicted octanol–water partition coefficient (Wildman–Crippen LogP) is 3.04. The number of carbonyl (C=O) groups excluding carboxylic acids is 1. The molecule has 1 amide bonds. The topological polar surface area (TPSA) is 41.1 Å². The van der Waals surface area contributed by atoms with Crippen LogP contribution in [0, 0.1) is 0 Å². The molecule has 0 atom stereocenters. The molecule has 0 saturated heterocycles. The van der Waals surface area contributed by atoms with Crippen LogP contribution in [0.2, 0.25) is 0 Å². The normalized spacial score (nSPS) is 11.4. The summed E-state index contributed by atoms with van der Waals surface area (Å²) in [6.07, 6.45) is 0. The van der Waals surface area contributed by atoms with Crippen LogP contribution in [0.15, 0.2) is 24.3 Å². The van der Waals surface area contributed by atoms with Crippen LogP contribution in [-0.4, -0.2) is 17.5 Å². The van der Waals surface area contributed by atoms with E-state index in [2.05, 4.69) is 31.4 Å². The SMILES string of the molecule is CC(C)NC(=O)c1ccc(NC(C)(C)C)cc1. The van der Waals surface area contributed by atoms with Crippen LogP contribution in [-0.2, 0) is 0 Å². The Balaban J connectivity index is 2.71. The van der Waals surface area contributed by atoms with Crippen LogP contribution in [0.5, 0.6) is 0 Å². The van der Waals surface area contributed by atoms with Crippen LogP contribution in [0.25, 0.3) is 0 Å². The summed E-state index contributed by atoms with van der Waals surface area (Å²) in [6, 6.07) is 7.70. The lowest BCUT2D eigenvalue weighted by Gasteiger charge is -2.22. The summed E-state index contributed by atoms with van der Waals surface area (Å²) < 4.78 is 0. The zero-order chi connectivity index (χ0) is 13.1. The van der Waals surface area contributed by atoms with E-state index in [0.29, 0.717) is 5.56 Å². The van der Waals surface area contributed by atoms with Crippen LogP contribution in [0.3, 0.4) is 0 Å². The third-order valence-electron chi connectivity index (χ3n) is 2.09. The van der Waals surface area contributed by atoms with Crippen LogP contribution in [0.1, 0.15) is 45.0 Å². The first-order valence-corrected chi connectivity index (χ1v) is 5.97. The van der Waals surface area contributed by atoms with E-state index in [0.717, 1.165) is 5.69 Å². The number of amides is 1. The van der Waals surface area contributed by atoms with Gasteiger partial charge >= 0.3 is 0 Å². The third-order valence-corrected chi connectivity index (χ3v) is 2.09. The van der Waals surface area contributed by atoms with Gasteiger partial charge in [0.2, 0.25) is 0 Å². The van der Waals surface area contributed by atoms with Crippen LogP contribution < -0.4 is 10.6 Å². The first-order valence-electron chi connectivity index (χ1n) is 5.97. The molecule has 0 aliphatic rings. The van der Waals surface area contributed by atoms with Crippen molar-refractivity contribution >= 4 is 11.6 Å². The number of rotatable bonds is 3. The van der Waals surface area contributed by atoms with Crippen molar-refractivity contribution in [3.63, 3.8) is 0 Å². The van der Waals surface area contributed by atoms with Gasteiger partial charge in [0.1, 0.15) is 0 Å². The molecule has 0 unspecified atom stereocenters. The fourth-order valence-corrected chi connectivity index (χ4v) is 1.48. The Morgan fingerprint density at radius 2 is 1.65 bits per heavy atom. The molecule has 0 spiro atoms. The van der Waals surface area contributed by atoms with E-state index >= 15 is 0 Å². The Hall–Kier alpha value is -1.51. The zero-order valence-corrected chi connectivity index (χ0v) is 11.3. The Bertz CT molecular complexity index is 374. The van der Waals surface area contributed by atoms with E-state index in [4.69, 9.17) is 0 Å². The maximum Gasteiger partial charge on any atom is 0.251 e. The van der Waals surface area contributed by atoms with Gasteiger partial charge in [-0.1, -0.05) is 0 Å².